The van der Waals surface area contributed by atoms with Gasteiger partial charge in [0.25, 0.3) is 5.91 Å². The number of carbonyl (C=O) groups is 3. The van der Waals surface area contributed by atoms with Gasteiger partial charge in [0.1, 0.15) is 6.04 Å². The molecular formula is C26H37N5O3. The lowest BCUT2D eigenvalue weighted by molar-refractivity contribution is -0.136. The highest BCUT2D eigenvalue weighted by molar-refractivity contribution is 6.05. The maximum absolute atomic E-state index is 13.1. The fraction of sp³-hybridized carbons (Fsp3) is 0.654. The van der Waals surface area contributed by atoms with E-state index in [0.717, 1.165) is 44.2 Å². The molecule has 0 bridgehead atoms. The quantitative estimate of drug-likeness (QED) is 0.589. The topological polar surface area (TPSA) is 85.0 Å². The lowest BCUT2D eigenvalue weighted by Gasteiger charge is -2.33. The number of imide groups is 1. The Hall–Kier alpha value is -2.29. The van der Waals surface area contributed by atoms with Crippen LogP contribution in [0.3, 0.4) is 0 Å². The summed E-state index contributed by atoms with van der Waals surface area (Å²) >= 11 is 0. The summed E-state index contributed by atoms with van der Waals surface area (Å²) in [5, 5.41) is 5.79. The largest absolute Gasteiger partial charge is 0.322 e. The summed E-state index contributed by atoms with van der Waals surface area (Å²) in [5.41, 5.74) is 2.85. The summed E-state index contributed by atoms with van der Waals surface area (Å²) in [5.74, 6) is 0.0665. The van der Waals surface area contributed by atoms with E-state index in [2.05, 4.69) is 26.5 Å². The molecule has 3 amide bonds. The molecule has 0 spiro atoms. The number of nitrogens with one attached hydrogen (secondary N) is 2. The van der Waals surface area contributed by atoms with Gasteiger partial charge in [0, 0.05) is 57.8 Å². The van der Waals surface area contributed by atoms with Gasteiger partial charge in [-0.05, 0) is 68.3 Å². The maximum atomic E-state index is 13.1. The fourth-order valence-corrected chi connectivity index (χ4v) is 6.03. The van der Waals surface area contributed by atoms with Crippen LogP contribution in [-0.4, -0.2) is 84.3 Å². The molecule has 2 unspecified atom stereocenters. The zero-order valence-corrected chi connectivity index (χ0v) is 20.1. The molecule has 3 saturated heterocycles. The van der Waals surface area contributed by atoms with Crippen molar-refractivity contribution < 1.29 is 14.4 Å². The molecule has 8 nitrogen and oxygen atoms in total. The lowest BCUT2D eigenvalue weighted by atomic mass is 9.93. The minimum atomic E-state index is -0.551. The van der Waals surface area contributed by atoms with Crippen LogP contribution in [0.5, 0.6) is 0 Å². The Kier molecular flexibility index (Phi) is 7.27. The standard InChI is InChI=1S/C26H37N5O3/c32-24-8-7-23(25(33)28-24)31-18-21-6-5-20(15-22(21)26(31)34)17-30-12-2-4-19(16-30)3-1-11-29-13-9-27-10-14-29/h5-6,15,19,23,27H,1-4,7-14,16-18H2,(H,28,32,33). The monoisotopic (exact) mass is 467 g/mol. The van der Waals surface area contributed by atoms with E-state index >= 15 is 0 Å². The molecule has 1 aromatic rings. The molecule has 8 heteroatoms. The highest BCUT2D eigenvalue weighted by atomic mass is 16.2. The molecular weight excluding hydrogens is 430 g/mol. The average molecular weight is 468 g/mol. The number of amides is 3. The van der Waals surface area contributed by atoms with Crippen LogP contribution in [0.25, 0.3) is 0 Å². The van der Waals surface area contributed by atoms with Gasteiger partial charge in [0.2, 0.25) is 11.8 Å². The number of carbonyl (C=O) groups excluding carboxylic acids is 3. The molecule has 0 radical (unpaired) electrons. The molecule has 2 N–H and O–H groups in total. The average Bonchev–Trinajstić information content (AvgIpc) is 3.16. The highest BCUT2D eigenvalue weighted by Gasteiger charge is 2.39. The summed E-state index contributed by atoms with van der Waals surface area (Å²) < 4.78 is 0. The van der Waals surface area contributed by atoms with Crippen LogP contribution in [0, 0.1) is 5.92 Å². The van der Waals surface area contributed by atoms with Crippen molar-refractivity contribution in [1.82, 2.24) is 25.3 Å². The molecule has 5 rings (SSSR count). The summed E-state index contributed by atoms with van der Waals surface area (Å²) in [6.07, 6.45) is 5.83. The summed E-state index contributed by atoms with van der Waals surface area (Å²) in [6, 6.07) is 5.65. The van der Waals surface area contributed by atoms with Crippen molar-refractivity contribution in [1.29, 1.82) is 0 Å². The van der Waals surface area contributed by atoms with Crippen molar-refractivity contribution in [2.75, 3.05) is 45.8 Å². The zero-order valence-electron chi connectivity index (χ0n) is 20.1. The molecule has 34 heavy (non-hydrogen) atoms. The van der Waals surface area contributed by atoms with Crippen LogP contribution in [-0.2, 0) is 22.7 Å². The van der Waals surface area contributed by atoms with E-state index in [-0.39, 0.29) is 24.1 Å². The fourth-order valence-electron chi connectivity index (χ4n) is 6.03. The number of likely N-dealkylation sites (tertiary alicyclic amines) is 1. The van der Waals surface area contributed by atoms with Gasteiger partial charge in [-0.1, -0.05) is 12.1 Å². The number of fused-ring (bicyclic) bond motifs is 1. The predicted molar refractivity (Wildman–Crippen MR) is 129 cm³/mol. The Balaban J connectivity index is 1.14. The molecule has 4 aliphatic rings. The van der Waals surface area contributed by atoms with Crippen LogP contribution >= 0.6 is 0 Å². The minimum Gasteiger partial charge on any atom is -0.322 e. The van der Waals surface area contributed by atoms with Crippen molar-refractivity contribution in [3.63, 3.8) is 0 Å². The highest BCUT2D eigenvalue weighted by Crippen LogP contribution is 2.29. The van der Waals surface area contributed by atoms with Gasteiger partial charge in [-0.25, -0.2) is 0 Å². The Bertz CT molecular complexity index is 929. The van der Waals surface area contributed by atoms with Crippen molar-refractivity contribution in [2.24, 2.45) is 5.92 Å². The third-order valence-electron chi connectivity index (χ3n) is 7.90. The first-order chi connectivity index (χ1) is 16.6. The van der Waals surface area contributed by atoms with Crippen LogP contribution in [0.15, 0.2) is 18.2 Å². The second kappa shape index (κ2) is 10.5. The van der Waals surface area contributed by atoms with Crippen molar-refractivity contribution in [3.8, 4) is 0 Å². The molecule has 0 saturated carbocycles. The first-order valence-corrected chi connectivity index (χ1v) is 13.0. The van der Waals surface area contributed by atoms with Gasteiger partial charge < -0.3 is 15.1 Å². The lowest BCUT2D eigenvalue weighted by Crippen LogP contribution is -2.52. The number of piperazine rings is 1. The van der Waals surface area contributed by atoms with Gasteiger partial charge in [-0.2, -0.15) is 0 Å². The van der Waals surface area contributed by atoms with Crippen molar-refractivity contribution in [2.45, 2.75) is 57.7 Å². The van der Waals surface area contributed by atoms with Crippen molar-refractivity contribution >= 4 is 17.7 Å². The number of benzene rings is 1. The van der Waals surface area contributed by atoms with Crippen LogP contribution in [0.2, 0.25) is 0 Å². The summed E-state index contributed by atoms with van der Waals surface area (Å²) in [7, 11) is 0. The second-order valence-electron chi connectivity index (χ2n) is 10.4. The molecule has 1 aromatic carbocycles. The summed E-state index contributed by atoms with van der Waals surface area (Å²) in [4.78, 5) is 43.6. The van der Waals surface area contributed by atoms with Crippen LogP contribution < -0.4 is 10.6 Å². The smallest absolute Gasteiger partial charge is 0.255 e. The molecule has 2 atom stereocenters. The molecule has 4 heterocycles. The van der Waals surface area contributed by atoms with Gasteiger partial charge >= 0.3 is 0 Å². The SMILES string of the molecule is O=C1CCC(N2Cc3ccc(CN4CCCC(CCCN5CCNCC5)C4)cc3C2=O)C(=O)N1. The number of rotatable bonds is 7. The van der Waals surface area contributed by atoms with Gasteiger partial charge in [0.05, 0.1) is 0 Å². The number of hydrogen-bond acceptors (Lipinski definition) is 6. The third-order valence-corrected chi connectivity index (χ3v) is 7.90. The van der Waals surface area contributed by atoms with E-state index < -0.39 is 6.04 Å². The first kappa shape index (κ1) is 23.5. The second-order valence-corrected chi connectivity index (χ2v) is 10.4. The predicted octanol–water partition coefficient (Wildman–Crippen LogP) is 1.35. The maximum Gasteiger partial charge on any atom is 0.255 e. The number of hydrogen-bond donors (Lipinski definition) is 2. The molecule has 0 aliphatic carbocycles. The Morgan fingerprint density at radius 1 is 1.00 bits per heavy atom. The molecule has 4 aliphatic heterocycles. The van der Waals surface area contributed by atoms with Crippen molar-refractivity contribution in [3.05, 3.63) is 34.9 Å². The number of nitrogens with zero attached hydrogens (tertiary/aromatic N) is 3. The van der Waals surface area contributed by atoms with E-state index in [9.17, 15) is 14.4 Å². The van der Waals surface area contributed by atoms with Crippen LogP contribution in [0.4, 0.5) is 0 Å². The summed E-state index contributed by atoms with van der Waals surface area (Å²) in [6.45, 7) is 9.36. The van der Waals surface area contributed by atoms with E-state index in [1.165, 1.54) is 50.9 Å². The van der Waals surface area contributed by atoms with Gasteiger partial charge in [-0.3, -0.25) is 24.6 Å². The third kappa shape index (κ3) is 5.34. The van der Waals surface area contributed by atoms with Gasteiger partial charge in [0.15, 0.2) is 0 Å². The molecule has 3 fully saturated rings. The van der Waals surface area contributed by atoms with E-state index in [1.807, 2.05) is 12.1 Å². The Morgan fingerprint density at radius 2 is 1.85 bits per heavy atom. The zero-order chi connectivity index (χ0) is 23.5. The van der Waals surface area contributed by atoms with Gasteiger partial charge in [-0.15, -0.1) is 0 Å². The van der Waals surface area contributed by atoms with E-state index in [4.69, 9.17) is 0 Å². The van der Waals surface area contributed by atoms with E-state index in [0.29, 0.717) is 18.5 Å². The Morgan fingerprint density at radius 3 is 2.68 bits per heavy atom. The normalized spacial score (nSPS) is 26.6. The Labute approximate surface area is 202 Å². The van der Waals surface area contributed by atoms with E-state index in [1.54, 1.807) is 4.90 Å². The number of piperidine rings is 2. The molecule has 0 aromatic heterocycles. The van der Waals surface area contributed by atoms with Crippen LogP contribution in [0.1, 0.15) is 60.0 Å². The first-order valence-electron chi connectivity index (χ1n) is 13.0. The minimum absolute atomic E-state index is 0.0872. The molecule has 184 valence electrons.